The van der Waals surface area contributed by atoms with Gasteiger partial charge in [-0.05, 0) is 44.1 Å². The SMILES string of the molecule is COc1ccccc1C(CNc1ccc2nnc(C(F)(F)F)n2n1)N1CCCC1. The molecule has 7 nitrogen and oxygen atoms in total. The highest BCUT2D eigenvalue weighted by atomic mass is 19.4. The molecule has 1 aromatic carbocycles. The second-order valence-electron chi connectivity index (χ2n) is 6.89. The predicted molar refractivity (Wildman–Crippen MR) is 101 cm³/mol. The van der Waals surface area contributed by atoms with Crippen molar-refractivity contribution in [3.8, 4) is 5.75 Å². The number of anilines is 1. The Morgan fingerprint density at radius 1 is 1.10 bits per heavy atom. The number of nitrogens with one attached hydrogen (secondary N) is 1. The molecule has 3 heterocycles. The Morgan fingerprint density at radius 3 is 2.59 bits per heavy atom. The topological polar surface area (TPSA) is 67.6 Å². The highest BCUT2D eigenvalue weighted by Crippen LogP contribution is 2.32. The minimum atomic E-state index is -4.62. The normalized spacial score (nSPS) is 16.3. The summed E-state index contributed by atoms with van der Waals surface area (Å²) in [5.74, 6) is -0.0355. The summed E-state index contributed by atoms with van der Waals surface area (Å²) in [6.07, 6.45) is -2.39. The van der Waals surface area contributed by atoms with E-state index in [1.54, 1.807) is 13.2 Å². The molecule has 3 aromatic rings. The van der Waals surface area contributed by atoms with E-state index in [1.165, 1.54) is 6.07 Å². The molecule has 1 aliphatic rings. The van der Waals surface area contributed by atoms with Crippen LogP contribution in [0.5, 0.6) is 5.75 Å². The van der Waals surface area contributed by atoms with E-state index in [2.05, 4.69) is 25.5 Å². The van der Waals surface area contributed by atoms with Crippen LogP contribution in [0, 0.1) is 0 Å². The molecular weight excluding hydrogens is 385 g/mol. The summed E-state index contributed by atoms with van der Waals surface area (Å²) in [5.41, 5.74) is 1.08. The van der Waals surface area contributed by atoms with Gasteiger partial charge in [-0.15, -0.1) is 15.3 Å². The molecule has 0 spiro atoms. The fraction of sp³-hybridized carbons (Fsp3) is 0.421. The average molecular weight is 406 g/mol. The fourth-order valence-electron chi connectivity index (χ4n) is 3.69. The first-order valence-electron chi connectivity index (χ1n) is 9.38. The third-order valence-corrected chi connectivity index (χ3v) is 5.07. The lowest BCUT2D eigenvalue weighted by molar-refractivity contribution is -0.146. The minimum Gasteiger partial charge on any atom is -0.496 e. The maximum Gasteiger partial charge on any atom is 0.453 e. The lowest BCUT2D eigenvalue weighted by Crippen LogP contribution is -2.31. The molecule has 0 saturated carbocycles. The summed E-state index contributed by atoms with van der Waals surface area (Å²) in [6, 6.07) is 10.9. The van der Waals surface area contributed by atoms with Gasteiger partial charge in [0.15, 0.2) is 5.65 Å². The predicted octanol–water partition coefficient (Wildman–Crippen LogP) is 3.40. The monoisotopic (exact) mass is 406 g/mol. The van der Waals surface area contributed by atoms with Crippen molar-refractivity contribution in [3.63, 3.8) is 0 Å². The minimum absolute atomic E-state index is 0.00847. The van der Waals surface area contributed by atoms with Gasteiger partial charge in [0.2, 0.25) is 0 Å². The number of para-hydroxylation sites is 1. The molecule has 1 N–H and O–H groups in total. The van der Waals surface area contributed by atoms with E-state index in [9.17, 15) is 13.2 Å². The number of halogens is 3. The molecule has 1 saturated heterocycles. The van der Waals surface area contributed by atoms with Crippen LogP contribution in [0.2, 0.25) is 0 Å². The zero-order valence-corrected chi connectivity index (χ0v) is 15.9. The van der Waals surface area contributed by atoms with E-state index in [0.29, 0.717) is 12.4 Å². The largest absolute Gasteiger partial charge is 0.496 e. The van der Waals surface area contributed by atoms with Gasteiger partial charge in [0.1, 0.15) is 11.6 Å². The molecule has 2 aromatic heterocycles. The molecule has 10 heteroatoms. The Balaban J connectivity index is 1.60. The third-order valence-electron chi connectivity index (χ3n) is 5.07. The molecule has 29 heavy (non-hydrogen) atoms. The van der Waals surface area contributed by atoms with Crippen LogP contribution >= 0.6 is 0 Å². The standard InChI is InChI=1S/C19H21F3N6O/c1-29-15-7-3-2-6-13(15)14(27-10-4-5-11-27)12-23-16-8-9-17-24-25-18(19(20,21)22)28(17)26-16/h2-3,6-9,14H,4-5,10-12H2,1H3,(H,23,26). The van der Waals surface area contributed by atoms with Gasteiger partial charge in [-0.2, -0.15) is 17.7 Å². The van der Waals surface area contributed by atoms with Crippen molar-refractivity contribution >= 4 is 11.5 Å². The molecule has 154 valence electrons. The lowest BCUT2D eigenvalue weighted by Gasteiger charge is -2.29. The van der Waals surface area contributed by atoms with Crippen molar-refractivity contribution < 1.29 is 17.9 Å². The zero-order chi connectivity index (χ0) is 20.4. The number of nitrogens with zero attached hydrogens (tertiary/aromatic N) is 5. The Labute approximate surface area is 165 Å². The molecule has 1 unspecified atom stereocenters. The highest BCUT2D eigenvalue weighted by Gasteiger charge is 2.37. The Bertz CT molecular complexity index is 983. The van der Waals surface area contributed by atoms with E-state index < -0.39 is 12.0 Å². The molecule has 1 aliphatic heterocycles. The molecule has 1 atom stereocenters. The smallest absolute Gasteiger partial charge is 0.453 e. The second-order valence-corrected chi connectivity index (χ2v) is 6.89. The first-order chi connectivity index (χ1) is 14.0. The van der Waals surface area contributed by atoms with Crippen LogP contribution in [0.4, 0.5) is 19.0 Å². The number of hydrogen-bond acceptors (Lipinski definition) is 6. The van der Waals surface area contributed by atoms with Crippen molar-refractivity contribution in [2.45, 2.75) is 25.1 Å². The van der Waals surface area contributed by atoms with Crippen LogP contribution < -0.4 is 10.1 Å². The van der Waals surface area contributed by atoms with Crippen LogP contribution in [-0.2, 0) is 6.18 Å². The molecule has 0 radical (unpaired) electrons. The number of aromatic nitrogens is 4. The first-order valence-corrected chi connectivity index (χ1v) is 9.38. The third kappa shape index (κ3) is 3.98. The van der Waals surface area contributed by atoms with Crippen LogP contribution in [0.15, 0.2) is 36.4 Å². The summed E-state index contributed by atoms with van der Waals surface area (Å²) in [7, 11) is 1.63. The van der Waals surface area contributed by atoms with Crippen LogP contribution in [0.3, 0.4) is 0 Å². The average Bonchev–Trinajstić information content (AvgIpc) is 3.38. The van der Waals surface area contributed by atoms with Gasteiger partial charge in [0, 0.05) is 12.1 Å². The van der Waals surface area contributed by atoms with Crippen molar-refractivity contribution in [2.24, 2.45) is 0 Å². The second kappa shape index (κ2) is 7.86. The van der Waals surface area contributed by atoms with Crippen LogP contribution in [0.25, 0.3) is 5.65 Å². The number of methoxy groups -OCH3 is 1. The van der Waals surface area contributed by atoms with E-state index in [0.717, 1.165) is 41.8 Å². The van der Waals surface area contributed by atoms with E-state index in [1.807, 2.05) is 24.3 Å². The summed E-state index contributed by atoms with van der Waals surface area (Å²) in [5, 5.41) is 14.0. The number of benzene rings is 1. The lowest BCUT2D eigenvalue weighted by atomic mass is 10.0. The van der Waals surface area contributed by atoms with Gasteiger partial charge in [-0.1, -0.05) is 18.2 Å². The van der Waals surface area contributed by atoms with E-state index in [-0.39, 0.29) is 11.7 Å². The Kier molecular flexibility index (Phi) is 5.27. The van der Waals surface area contributed by atoms with Crippen molar-refractivity contribution in [2.75, 3.05) is 32.1 Å². The summed E-state index contributed by atoms with van der Waals surface area (Å²) in [6.45, 7) is 2.39. The number of ether oxygens (including phenoxy) is 1. The first kappa shape index (κ1) is 19.4. The maximum absolute atomic E-state index is 13.1. The van der Waals surface area contributed by atoms with Gasteiger partial charge >= 0.3 is 6.18 Å². The van der Waals surface area contributed by atoms with Gasteiger partial charge in [-0.25, -0.2) is 0 Å². The van der Waals surface area contributed by atoms with Gasteiger partial charge in [0.05, 0.1) is 13.2 Å². The van der Waals surface area contributed by atoms with Crippen molar-refractivity contribution in [3.05, 3.63) is 47.8 Å². The zero-order valence-electron chi connectivity index (χ0n) is 15.9. The molecule has 0 bridgehead atoms. The Hall–Kier alpha value is -2.88. The molecule has 4 rings (SSSR count). The van der Waals surface area contributed by atoms with Crippen LogP contribution in [0.1, 0.15) is 30.3 Å². The molecular formula is C19H21F3N6O. The molecule has 0 aliphatic carbocycles. The van der Waals surface area contributed by atoms with E-state index >= 15 is 0 Å². The van der Waals surface area contributed by atoms with Crippen LogP contribution in [-0.4, -0.2) is 51.5 Å². The Morgan fingerprint density at radius 2 is 1.86 bits per heavy atom. The van der Waals surface area contributed by atoms with Crippen molar-refractivity contribution in [1.29, 1.82) is 0 Å². The van der Waals surface area contributed by atoms with Gasteiger partial charge in [-0.3, -0.25) is 4.90 Å². The molecule has 0 amide bonds. The quantitative estimate of drug-likeness (QED) is 0.677. The van der Waals surface area contributed by atoms with Gasteiger partial charge in [0.25, 0.3) is 5.82 Å². The maximum atomic E-state index is 13.1. The summed E-state index contributed by atoms with van der Waals surface area (Å²) < 4.78 is 45.5. The summed E-state index contributed by atoms with van der Waals surface area (Å²) in [4.78, 5) is 2.35. The summed E-state index contributed by atoms with van der Waals surface area (Å²) >= 11 is 0. The van der Waals surface area contributed by atoms with Gasteiger partial charge < -0.3 is 10.1 Å². The fourth-order valence-corrected chi connectivity index (χ4v) is 3.69. The molecule has 1 fully saturated rings. The number of rotatable bonds is 6. The number of alkyl halides is 3. The van der Waals surface area contributed by atoms with Crippen molar-refractivity contribution in [1.82, 2.24) is 24.7 Å². The number of hydrogen-bond donors (Lipinski definition) is 1. The number of fused-ring (bicyclic) bond motifs is 1. The number of likely N-dealkylation sites (tertiary alicyclic amines) is 1. The highest BCUT2D eigenvalue weighted by molar-refractivity contribution is 5.45. The van der Waals surface area contributed by atoms with E-state index in [4.69, 9.17) is 4.74 Å².